The van der Waals surface area contributed by atoms with E-state index in [9.17, 15) is 19.2 Å². The van der Waals surface area contributed by atoms with Crippen LogP contribution in [-0.2, 0) is 31.6 Å². The molecule has 2 aliphatic rings. The van der Waals surface area contributed by atoms with Crippen LogP contribution in [-0.4, -0.2) is 88.5 Å². The fourth-order valence-electron chi connectivity index (χ4n) is 6.30. The van der Waals surface area contributed by atoms with Crippen LogP contribution in [0.4, 0.5) is 18.9 Å². The molecule has 1 aromatic heterocycles. The molecule has 14 heteroatoms. The zero-order chi connectivity index (χ0) is 35.2. The monoisotopic (exact) mass is 675 g/mol. The van der Waals surface area contributed by atoms with E-state index in [0.29, 0.717) is 57.0 Å². The number of piperazine rings is 1. The molecule has 48 heavy (non-hydrogen) atoms. The smallest absolute Gasteiger partial charge is 0.344 e. The topological polar surface area (TPSA) is 129 Å². The van der Waals surface area contributed by atoms with Crippen molar-refractivity contribution in [3.05, 3.63) is 47.5 Å². The third-order valence-electron chi connectivity index (χ3n) is 9.70. The number of benzene rings is 1. The number of rotatable bonds is 12. The molecule has 11 nitrogen and oxygen atoms in total. The molecular formula is C34H48F3N7O4. The summed E-state index contributed by atoms with van der Waals surface area (Å²) in [6.07, 6.45) is 4.76. The van der Waals surface area contributed by atoms with Crippen molar-refractivity contribution in [2.75, 3.05) is 38.5 Å². The minimum absolute atomic E-state index is 0.171. The molecule has 3 N–H and O–H groups in total. The quantitative estimate of drug-likeness (QED) is 0.314. The highest BCUT2D eigenvalue weighted by atomic mass is 19.3. The van der Waals surface area contributed by atoms with Crippen LogP contribution in [0.5, 0.6) is 0 Å². The first-order valence-corrected chi connectivity index (χ1v) is 16.8. The van der Waals surface area contributed by atoms with Crippen molar-refractivity contribution in [1.82, 2.24) is 30.2 Å². The van der Waals surface area contributed by atoms with Gasteiger partial charge >= 0.3 is 5.92 Å². The Bertz CT molecular complexity index is 1450. The van der Waals surface area contributed by atoms with Gasteiger partial charge in [0.1, 0.15) is 17.9 Å². The van der Waals surface area contributed by atoms with Crippen molar-refractivity contribution in [3.63, 3.8) is 0 Å². The Labute approximate surface area is 280 Å². The van der Waals surface area contributed by atoms with E-state index in [1.54, 1.807) is 31.7 Å². The van der Waals surface area contributed by atoms with Gasteiger partial charge in [0.2, 0.25) is 17.7 Å². The van der Waals surface area contributed by atoms with Gasteiger partial charge in [0.25, 0.3) is 5.91 Å². The Morgan fingerprint density at radius 2 is 1.69 bits per heavy atom. The van der Waals surface area contributed by atoms with Gasteiger partial charge in [-0.2, -0.15) is 13.9 Å². The number of alkyl halides is 2. The molecular weight excluding hydrogens is 627 g/mol. The number of hydrogen-bond donors (Lipinski definition) is 3. The molecule has 0 radical (unpaired) electrons. The van der Waals surface area contributed by atoms with Crippen LogP contribution >= 0.6 is 0 Å². The number of nitrogens with one attached hydrogen (secondary N) is 3. The number of aromatic nitrogens is 2. The second-order valence-corrected chi connectivity index (χ2v) is 13.2. The van der Waals surface area contributed by atoms with Crippen LogP contribution < -0.4 is 16.0 Å². The maximum absolute atomic E-state index is 15.6. The predicted molar refractivity (Wildman–Crippen MR) is 175 cm³/mol. The fraction of sp³-hybridized carbons (Fsp3) is 0.618. The molecule has 264 valence electrons. The molecule has 4 rings (SSSR count). The number of halogens is 3. The summed E-state index contributed by atoms with van der Waals surface area (Å²) in [6, 6.07) is 1.83. The van der Waals surface area contributed by atoms with E-state index < -0.39 is 53.0 Å². The van der Waals surface area contributed by atoms with Gasteiger partial charge in [-0.15, -0.1) is 0 Å². The lowest BCUT2D eigenvalue weighted by atomic mass is 9.79. The van der Waals surface area contributed by atoms with Gasteiger partial charge in [0.05, 0.1) is 17.4 Å². The summed E-state index contributed by atoms with van der Waals surface area (Å²) in [6.45, 7) is 9.94. The Hall–Kier alpha value is -3.94. The predicted octanol–water partition coefficient (Wildman–Crippen LogP) is 3.86. The second kappa shape index (κ2) is 16.0. The summed E-state index contributed by atoms with van der Waals surface area (Å²) in [4.78, 5) is 56.3. The summed E-state index contributed by atoms with van der Waals surface area (Å²) in [5.74, 6) is -8.39. The lowest BCUT2D eigenvalue weighted by molar-refractivity contribution is -0.149. The molecule has 2 heterocycles. The minimum atomic E-state index is -3.94. The molecule has 2 fully saturated rings. The largest absolute Gasteiger partial charge is 0.352 e. The first kappa shape index (κ1) is 36.9. The standard InChI is InChI=1S/C34H48F3N7O4/c1-6-28(45)40-29(32(47)43-16-14-42(5)15-17-43)22(4)24-12-13-27(26(35)18-24)39-31(46)30(23-10-8-21(3)9-11-23)41-33(48)34(36,37)25-19-38-44(7-2)20-25/h12-13,18-23,29-30H,6-11,14-17H2,1-5H3,(H,39,46)(H,40,45)(H,41,48)/t21-,22-,23-,29+,30-/m0/s1. The zero-order valence-electron chi connectivity index (χ0n) is 28.4. The lowest BCUT2D eigenvalue weighted by Gasteiger charge is -2.36. The van der Waals surface area contributed by atoms with Gasteiger partial charge in [-0.25, -0.2) is 4.39 Å². The van der Waals surface area contributed by atoms with Crippen molar-refractivity contribution < 1.29 is 32.3 Å². The van der Waals surface area contributed by atoms with Crippen LogP contribution in [0.15, 0.2) is 30.6 Å². The highest BCUT2D eigenvalue weighted by Gasteiger charge is 2.45. The number of hydrogen-bond acceptors (Lipinski definition) is 6. The maximum Gasteiger partial charge on any atom is 0.352 e. The molecule has 3 atom stereocenters. The average molecular weight is 676 g/mol. The number of amides is 4. The SMILES string of the molecule is CCC(=O)N[C@@H](C(=O)N1CCN(C)CC1)[C@@H](C)c1ccc(NC(=O)[C@@H](NC(=O)C(F)(F)c2cnn(CC)c2)[C@H]2CC[C@H](C)CC2)c(F)c1. The number of likely N-dealkylation sites (N-methyl/N-ethyl adjacent to an activating group) is 1. The first-order chi connectivity index (χ1) is 22.7. The van der Waals surface area contributed by atoms with E-state index in [2.05, 4.69) is 32.9 Å². The molecule has 1 saturated heterocycles. The molecule has 0 spiro atoms. The van der Waals surface area contributed by atoms with Gasteiger partial charge < -0.3 is 25.8 Å². The zero-order valence-corrected chi connectivity index (χ0v) is 28.4. The summed E-state index contributed by atoms with van der Waals surface area (Å²) in [5.41, 5.74) is -0.365. The molecule has 1 aromatic carbocycles. The van der Waals surface area contributed by atoms with Gasteiger partial charge in [-0.1, -0.05) is 39.7 Å². The Morgan fingerprint density at radius 3 is 2.27 bits per heavy atom. The van der Waals surface area contributed by atoms with Gasteiger partial charge in [0.15, 0.2) is 0 Å². The number of nitrogens with zero attached hydrogens (tertiary/aromatic N) is 4. The van der Waals surface area contributed by atoms with Crippen molar-refractivity contribution in [1.29, 1.82) is 0 Å². The van der Waals surface area contributed by atoms with Crippen LogP contribution in [0.1, 0.15) is 76.8 Å². The summed E-state index contributed by atoms with van der Waals surface area (Å²) in [5, 5.41) is 11.4. The van der Waals surface area contributed by atoms with Crippen LogP contribution in [0.25, 0.3) is 0 Å². The van der Waals surface area contributed by atoms with Crippen molar-refractivity contribution in [2.24, 2.45) is 11.8 Å². The number of carbonyl (C=O) groups is 4. The highest BCUT2D eigenvalue weighted by molar-refractivity contribution is 5.98. The van der Waals surface area contributed by atoms with Crippen molar-refractivity contribution in [2.45, 2.75) is 90.3 Å². The van der Waals surface area contributed by atoms with E-state index >= 15 is 13.2 Å². The van der Waals surface area contributed by atoms with E-state index in [1.807, 2.05) is 7.05 Å². The van der Waals surface area contributed by atoms with E-state index in [0.717, 1.165) is 25.2 Å². The Balaban J connectivity index is 1.53. The molecule has 1 aliphatic carbocycles. The highest BCUT2D eigenvalue weighted by Crippen LogP contribution is 2.34. The summed E-state index contributed by atoms with van der Waals surface area (Å²) >= 11 is 0. The van der Waals surface area contributed by atoms with E-state index in [1.165, 1.54) is 16.8 Å². The van der Waals surface area contributed by atoms with Gasteiger partial charge in [0, 0.05) is 51.3 Å². The molecule has 0 unspecified atom stereocenters. The van der Waals surface area contributed by atoms with Gasteiger partial charge in [-0.05, 0) is 56.3 Å². The normalized spacial score (nSPS) is 20.8. The lowest BCUT2D eigenvalue weighted by Crippen LogP contribution is -2.55. The van der Waals surface area contributed by atoms with Crippen LogP contribution in [0, 0.1) is 17.7 Å². The van der Waals surface area contributed by atoms with Gasteiger partial charge in [-0.3, -0.25) is 23.9 Å². The third kappa shape index (κ3) is 8.74. The molecule has 2 aromatic rings. The third-order valence-corrected chi connectivity index (χ3v) is 9.70. The minimum Gasteiger partial charge on any atom is -0.344 e. The average Bonchev–Trinajstić information content (AvgIpc) is 3.57. The second-order valence-electron chi connectivity index (χ2n) is 13.2. The Kier molecular flexibility index (Phi) is 12.3. The Morgan fingerprint density at radius 1 is 1.02 bits per heavy atom. The summed E-state index contributed by atoms with van der Waals surface area (Å²) in [7, 11) is 1.97. The number of aryl methyl sites for hydroxylation is 1. The molecule has 0 bridgehead atoms. The summed E-state index contributed by atoms with van der Waals surface area (Å²) < 4.78 is 47.3. The van der Waals surface area contributed by atoms with E-state index in [4.69, 9.17) is 0 Å². The number of anilines is 1. The van der Waals surface area contributed by atoms with Crippen LogP contribution in [0.2, 0.25) is 0 Å². The van der Waals surface area contributed by atoms with Crippen molar-refractivity contribution in [3.8, 4) is 0 Å². The number of carbonyl (C=O) groups excluding carboxylic acids is 4. The molecule has 1 aliphatic heterocycles. The molecule has 1 saturated carbocycles. The van der Waals surface area contributed by atoms with Crippen LogP contribution in [0.3, 0.4) is 0 Å². The first-order valence-electron chi connectivity index (χ1n) is 16.8. The fourth-order valence-corrected chi connectivity index (χ4v) is 6.30. The van der Waals surface area contributed by atoms with E-state index in [-0.39, 0.29) is 23.9 Å². The van der Waals surface area contributed by atoms with Crippen molar-refractivity contribution >= 4 is 29.3 Å². The maximum atomic E-state index is 15.6. The molecule has 4 amide bonds.